The summed E-state index contributed by atoms with van der Waals surface area (Å²) in [6.45, 7) is 0. The van der Waals surface area contributed by atoms with E-state index in [0.717, 1.165) is 0 Å². The Balaban J connectivity index is 3.50. The molecule has 6 heteroatoms. The number of rotatable bonds is 2. The van der Waals surface area contributed by atoms with E-state index in [1.54, 1.807) is 12.1 Å². The Kier molecular flexibility index (Phi) is 2.94. The van der Waals surface area contributed by atoms with E-state index in [2.05, 4.69) is 15.9 Å². The number of hydrogen-bond acceptors (Lipinski definition) is 3. The molecule has 1 aromatic carbocycles. The van der Waals surface area contributed by atoms with Crippen molar-refractivity contribution in [2.24, 2.45) is 5.14 Å². The lowest BCUT2D eigenvalue weighted by Gasteiger charge is -2.07. The van der Waals surface area contributed by atoms with E-state index in [4.69, 9.17) is 9.88 Å². The van der Waals surface area contributed by atoms with Crippen LogP contribution in [0.1, 0.15) is 0 Å². The summed E-state index contributed by atoms with van der Waals surface area (Å²) in [5.41, 5.74) is 0. The molecular weight excluding hydrogens is 258 g/mol. The molecule has 0 saturated carbocycles. The van der Waals surface area contributed by atoms with Crippen LogP contribution >= 0.6 is 15.9 Å². The van der Waals surface area contributed by atoms with Gasteiger partial charge in [-0.25, -0.2) is 13.6 Å². The van der Waals surface area contributed by atoms with Crippen LogP contribution in [0, 0.1) is 0 Å². The van der Waals surface area contributed by atoms with Crippen LogP contribution < -0.4 is 9.88 Å². The molecule has 0 atom stereocenters. The zero-order valence-electron chi connectivity index (χ0n) is 6.82. The molecule has 2 N–H and O–H groups in total. The Morgan fingerprint density at radius 3 is 2.46 bits per heavy atom. The smallest absolute Gasteiger partial charge is 0.242 e. The van der Waals surface area contributed by atoms with Gasteiger partial charge in [-0.3, -0.25) is 0 Å². The molecule has 72 valence electrons. The summed E-state index contributed by atoms with van der Waals surface area (Å²) in [4.78, 5) is -0.0301. The Morgan fingerprint density at radius 2 is 2.08 bits per heavy atom. The van der Waals surface area contributed by atoms with Crippen LogP contribution in [0.3, 0.4) is 0 Å². The molecule has 0 aliphatic heterocycles. The van der Waals surface area contributed by atoms with Gasteiger partial charge in [0.2, 0.25) is 10.0 Å². The number of methoxy groups -OCH3 is 1. The van der Waals surface area contributed by atoms with Gasteiger partial charge in [-0.2, -0.15) is 0 Å². The van der Waals surface area contributed by atoms with E-state index in [1.165, 1.54) is 13.2 Å². The monoisotopic (exact) mass is 265 g/mol. The molecule has 0 amide bonds. The van der Waals surface area contributed by atoms with Gasteiger partial charge in [0, 0.05) is 4.47 Å². The van der Waals surface area contributed by atoms with Crippen LogP contribution in [-0.4, -0.2) is 15.5 Å². The zero-order chi connectivity index (χ0) is 10.1. The average molecular weight is 266 g/mol. The van der Waals surface area contributed by atoms with E-state index in [0.29, 0.717) is 4.47 Å². The first kappa shape index (κ1) is 10.5. The van der Waals surface area contributed by atoms with E-state index in [-0.39, 0.29) is 10.6 Å². The number of hydrogen-bond donors (Lipinski definition) is 1. The molecule has 0 spiro atoms. The van der Waals surface area contributed by atoms with Gasteiger partial charge < -0.3 is 4.74 Å². The van der Waals surface area contributed by atoms with E-state index >= 15 is 0 Å². The number of benzene rings is 1. The highest BCUT2D eigenvalue weighted by Gasteiger charge is 2.17. The summed E-state index contributed by atoms with van der Waals surface area (Å²) in [5.74, 6) is 0.233. The van der Waals surface area contributed by atoms with Gasteiger partial charge in [0.1, 0.15) is 10.6 Å². The van der Waals surface area contributed by atoms with E-state index in [9.17, 15) is 8.42 Å². The largest absolute Gasteiger partial charge is 0.495 e. The third-order valence-electron chi connectivity index (χ3n) is 1.44. The molecule has 0 aliphatic carbocycles. The second kappa shape index (κ2) is 3.65. The normalized spacial score (nSPS) is 11.3. The minimum atomic E-state index is -3.75. The Bertz CT molecular complexity index is 416. The van der Waals surface area contributed by atoms with Gasteiger partial charge in [0.15, 0.2) is 0 Å². The Labute approximate surface area is 84.9 Å². The molecule has 13 heavy (non-hydrogen) atoms. The van der Waals surface area contributed by atoms with Crippen molar-refractivity contribution in [3.63, 3.8) is 0 Å². The van der Waals surface area contributed by atoms with Gasteiger partial charge >= 0.3 is 0 Å². The molecule has 0 unspecified atom stereocenters. The van der Waals surface area contributed by atoms with Crippen LogP contribution in [-0.2, 0) is 10.0 Å². The van der Waals surface area contributed by atoms with Crippen molar-refractivity contribution < 1.29 is 13.2 Å². The highest BCUT2D eigenvalue weighted by Crippen LogP contribution is 2.29. The van der Waals surface area contributed by atoms with Crippen molar-refractivity contribution in [3.8, 4) is 5.75 Å². The number of primary sulfonamides is 1. The van der Waals surface area contributed by atoms with Crippen molar-refractivity contribution in [1.82, 2.24) is 0 Å². The highest BCUT2D eigenvalue weighted by atomic mass is 79.9. The van der Waals surface area contributed by atoms with Crippen molar-refractivity contribution in [3.05, 3.63) is 22.7 Å². The van der Waals surface area contributed by atoms with Crippen LogP contribution in [0.2, 0.25) is 0 Å². The standard InChI is InChI=1S/C7H8BrNO3S/c1-12-6-4-2-3-5(8)7(6)13(9,10)11/h2-4H,1H3,(H2,9,10,11). The molecular formula is C7H8BrNO3S. The van der Waals surface area contributed by atoms with Crippen molar-refractivity contribution in [1.29, 1.82) is 0 Å². The summed E-state index contributed by atoms with van der Waals surface area (Å²) in [7, 11) is -2.36. The second-order valence-corrected chi connectivity index (χ2v) is 4.67. The molecule has 4 nitrogen and oxygen atoms in total. The molecule has 0 bridgehead atoms. The van der Waals surface area contributed by atoms with Crippen molar-refractivity contribution >= 4 is 26.0 Å². The highest BCUT2D eigenvalue weighted by molar-refractivity contribution is 9.10. The fraction of sp³-hybridized carbons (Fsp3) is 0.143. The minimum Gasteiger partial charge on any atom is -0.495 e. The lowest BCUT2D eigenvalue weighted by Crippen LogP contribution is -2.14. The topological polar surface area (TPSA) is 69.4 Å². The fourth-order valence-electron chi connectivity index (χ4n) is 0.926. The summed E-state index contributed by atoms with van der Waals surface area (Å²) >= 11 is 3.08. The van der Waals surface area contributed by atoms with Gasteiger partial charge in [-0.1, -0.05) is 6.07 Å². The summed E-state index contributed by atoms with van der Waals surface area (Å²) in [5, 5.41) is 5.00. The first-order valence-electron chi connectivity index (χ1n) is 3.32. The molecule has 0 radical (unpaired) electrons. The lowest BCUT2D eigenvalue weighted by molar-refractivity contribution is 0.402. The third-order valence-corrected chi connectivity index (χ3v) is 3.35. The third kappa shape index (κ3) is 2.20. The van der Waals surface area contributed by atoms with E-state index in [1.807, 2.05) is 0 Å². The van der Waals surface area contributed by atoms with E-state index < -0.39 is 10.0 Å². The Morgan fingerprint density at radius 1 is 1.46 bits per heavy atom. The quantitative estimate of drug-likeness (QED) is 0.871. The second-order valence-electron chi connectivity index (χ2n) is 2.32. The first-order chi connectivity index (χ1) is 5.96. The summed E-state index contributed by atoms with van der Waals surface area (Å²) < 4.78 is 27.5. The number of ether oxygens (including phenoxy) is 1. The molecule has 0 saturated heterocycles. The van der Waals surface area contributed by atoms with Gasteiger partial charge in [-0.05, 0) is 28.1 Å². The summed E-state index contributed by atoms with van der Waals surface area (Å²) in [6, 6.07) is 4.78. The number of halogens is 1. The van der Waals surface area contributed by atoms with Crippen LogP contribution in [0.5, 0.6) is 5.75 Å². The first-order valence-corrected chi connectivity index (χ1v) is 5.66. The molecule has 0 fully saturated rings. The number of nitrogens with two attached hydrogens (primary N) is 1. The maximum absolute atomic E-state index is 11.1. The van der Waals surface area contributed by atoms with Crippen LogP contribution in [0.25, 0.3) is 0 Å². The van der Waals surface area contributed by atoms with Gasteiger partial charge in [0.25, 0.3) is 0 Å². The predicted octanol–water partition coefficient (Wildman–Crippen LogP) is 1.11. The SMILES string of the molecule is COc1cccc(Br)c1S(N)(=O)=O. The molecule has 0 aliphatic rings. The maximum Gasteiger partial charge on any atom is 0.242 e. The molecule has 1 rings (SSSR count). The number of sulfonamides is 1. The van der Waals surface area contributed by atoms with Crippen LogP contribution in [0.4, 0.5) is 0 Å². The molecule has 1 aromatic rings. The lowest BCUT2D eigenvalue weighted by atomic mass is 10.3. The summed E-state index contributed by atoms with van der Waals surface area (Å²) in [6.07, 6.45) is 0. The average Bonchev–Trinajstić information content (AvgIpc) is 2.01. The molecule has 0 aromatic heterocycles. The molecule has 0 heterocycles. The zero-order valence-corrected chi connectivity index (χ0v) is 9.22. The van der Waals surface area contributed by atoms with Gasteiger partial charge in [0.05, 0.1) is 7.11 Å². The predicted molar refractivity (Wildman–Crippen MR) is 52.1 cm³/mol. The maximum atomic E-state index is 11.1. The van der Waals surface area contributed by atoms with Gasteiger partial charge in [-0.15, -0.1) is 0 Å². The fourth-order valence-corrected chi connectivity index (χ4v) is 2.72. The van der Waals surface area contributed by atoms with Crippen molar-refractivity contribution in [2.75, 3.05) is 7.11 Å². The Hall–Kier alpha value is -0.590. The van der Waals surface area contributed by atoms with Crippen molar-refractivity contribution in [2.45, 2.75) is 4.90 Å². The van der Waals surface area contributed by atoms with Crippen LogP contribution in [0.15, 0.2) is 27.6 Å². The minimum absolute atomic E-state index is 0.0301.